The van der Waals surface area contributed by atoms with Gasteiger partial charge in [-0.1, -0.05) is 13.3 Å². The van der Waals surface area contributed by atoms with Crippen molar-refractivity contribution in [2.75, 3.05) is 5.73 Å². The van der Waals surface area contributed by atoms with Crippen molar-refractivity contribution in [3.63, 3.8) is 0 Å². The van der Waals surface area contributed by atoms with E-state index in [9.17, 15) is 17.6 Å². The highest BCUT2D eigenvalue weighted by atomic mass is 19.2. The van der Waals surface area contributed by atoms with Gasteiger partial charge in [-0.25, -0.2) is 17.6 Å². The van der Waals surface area contributed by atoms with E-state index in [0.717, 1.165) is 6.42 Å². The van der Waals surface area contributed by atoms with Gasteiger partial charge in [0.05, 0.1) is 5.69 Å². The van der Waals surface area contributed by atoms with E-state index in [2.05, 4.69) is 0 Å². The Hall–Kier alpha value is -1.26. The van der Waals surface area contributed by atoms with Gasteiger partial charge in [0.2, 0.25) is 0 Å². The van der Waals surface area contributed by atoms with E-state index in [4.69, 9.17) is 5.73 Å². The van der Waals surface area contributed by atoms with Crippen LogP contribution in [0.2, 0.25) is 0 Å². The third kappa shape index (κ3) is 2.06. The molecule has 0 bridgehead atoms. The first-order valence-corrected chi connectivity index (χ1v) is 4.61. The normalized spacial score (nSPS) is 10.7. The van der Waals surface area contributed by atoms with Crippen molar-refractivity contribution < 1.29 is 17.6 Å². The highest BCUT2D eigenvalue weighted by molar-refractivity contribution is 5.49. The second kappa shape index (κ2) is 4.51. The summed E-state index contributed by atoms with van der Waals surface area (Å²) in [7, 11) is 0. The summed E-state index contributed by atoms with van der Waals surface area (Å²) in [5, 5.41) is 0. The van der Waals surface area contributed by atoms with Gasteiger partial charge in [-0.05, 0) is 12.8 Å². The second-order valence-electron chi connectivity index (χ2n) is 3.25. The Kier molecular flexibility index (Phi) is 3.55. The summed E-state index contributed by atoms with van der Waals surface area (Å²) in [4.78, 5) is 0. The predicted molar refractivity (Wildman–Crippen MR) is 49.3 cm³/mol. The van der Waals surface area contributed by atoms with Crippen LogP contribution in [0.5, 0.6) is 0 Å². The van der Waals surface area contributed by atoms with E-state index in [1.165, 1.54) is 0 Å². The topological polar surface area (TPSA) is 26.0 Å². The summed E-state index contributed by atoms with van der Waals surface area (Å²) < 4.78 is 51.6. The van der Waals surface area contributed by atoms with E-state index in [1.807, 2.05) is 6.92 Å². The summed E-state index contributed by atoms with van der Waals surface area (Å²) in [5.74, 6) is -6.56. The Morgan fingerprint density at radius 1 is 0.933 bits per heavy atom. The van der Waals surface area contributed by atoms with Crippen molar-refractivity contribution in [2.24, 2.45) is 0 Å². The summed E-state index contributed by atoms with van der Waals surface area (Å²) in [6.07, 6.45) is 1.35. The minimum absolute atomic E-state index is 0.0995. The summed E-state index contributed by atoms with van der Waals surface area (Å²) >= 11 is 0. The van der Waals surface area contributed by atoms with Crippen LogP contribution in [-0.2, 0) is 6.42 Å². The van der Waals surface area contributed by atoms with Crippen LogP contribution < -0.4 is 5.73 Å². The highest BCUT2D eigenvalue weighted by Gasteiger charge is 2.22. The van der Waals surface area contributed by atoms with Crippen molar-refractivity contribution >= 4 is 5.69 Å². The van der Waals surface area contributed by atoms with E-state index >= 15 is 0 Å². The van der Waals surface area contributed by atoms with Crippen LogP contribution in [-0.4, -0.2) is 0 Å². The average molecular weight is 221 g/mol. The average Bonchev–Trinajstić information content (AvgIpc) is 2.24. The molecule has 1 rings (SSSR count). The van der Waals surface area contributed by atoms with Crippen LogP contribution in [0.4, 0.5) is 23.2 Å². The molecule has 15 heavy (non-hydrogen) atoms. The van der Waals surface area contributed by atoms with Crippen LogP contribution in [0.3, 0.4) is 0 Å². The van der Waals surface area contributed by atoms with Crippen molar-refractivity contribution in [3.05, 3.63) is 28.8 Å². The van der Waals surface area contributed by atoms with Crippen molar-refractivity contribution in [3.8, 4) is 0 Å². The third-order valence-corrected chi connectivity index (χ3v) is 2.18. The summed E-state index contributed by atoms with van der Waals surface area (Å²) in [6, 6.07) is 0. The molecule has 0 aliphatic heterocycles. The number of halogens is 4. The number of hydrogen-bond acceptors (Lipinski definition) is 1. The van der Waals surface area contributed by atoms with Crippen LogP contribution >= 0.6 is 0 Å². The lowest BCUT2D eigenvalue weighted by Gasteiger charge is -2.09. The fourth-order valence-corrected chi connectivity index (χ4v) is 1.29. The largest absolute Gasteiger partial charge is 0.396 e. The Labute approximate surface area is 84.9 Å². The van der Waals surface area contributed by atoms with E-state index in [0.29, 0.717) is 6.42 Å². The van der Waals surface area contributed by atoms with E-state index in [1.54, 1.807) is 0 Å². The first-order chi connectivity index (χ1) is 7.00. The molecule has 1 nitrogen and oxygen atoms in total. The monoisotopic (exact) mass is 221 g/mol. The molecule has 0 radical (unpaired) electrons. The molecule has 2 N–H and O–H groups in total. The standard InChI is InChI=1S/C10H11F4N/c1-2-3-4-5-6(11)7(12)8(13)9(14)10(5)15/h2-4,15H2,1H3. The molecule has 1 aromatic carbocycles. The van der Waals surface area contributed by atoms with Crippen molar-refractivity contribution in [2.45, 2.75) is 26.2 Å². The number of unbranched alkanes of at least 4 members (excludes halogenated alkanes) is 1. The molecule has 0 atom stereocenters. The quantitative estimate of drug-likeness (QED) is 0.361. The minimum Gasteiger partial charge on any atom is -0.396 e. The van der Waals surface area contributed by atoms with Gasteiger partial charge in [0.25, 0.3) is 0 Å². The summed E-state index contributed by atoms with van der Waals surface area (Å²) in [5.41, 5.74) is 4.25. The maximum absolute atomic E-state index is 13.2. The molecule has 0 spiro atoms. The van der Waals surface area contributed by atoms with Gasteiger partial charge >= 0.3 is 0 Å². The molecular weight excluding hydrogens is 210 g/mol. The van der Waals surface area contributed by atoms with Crippen LogP contribution in [0.15, 0.2) is 0 Å². The molecule has 0 aromatic heterocycles. The molecule has 0 saturated heterocycles. The lowest BCUT2D eigenvalue weighted by Crippen LogP contribution is -2.08. The Morgan fingerprint density at radius 3 is 2.00 bits per heavy atom. The lowest BCUT2D eigenvalue weighted by atomic mass is 10.0. The van der Waals surface area contributed by atoms with Gasteiger partial charge in [-0.15, -0.1) is 0 Å². The SMILES string of the molecule is CCCCc1c(N)c(F)c(F)c(F)c1F. The number of rotatable bonds is 3. The number of hydrogen-bond donors (Lipinski definition) is 1. The Morgan fingerprint density at radius 2 is 1.47 bits per heavy atom. The fraction of sp³-hybridized carbons (Fsp3) is 0.400. The molecule has 84 valence electrons. The first-order valence-electron chi connectivity index (χ1n) is 4.61. The molecule has 1 aromatic rings. The van der Waals surface area contributed by atoms with Crippen LogP contribution in [0.25, 0.3) is 0 Å². The van der Waals surface area contributed by atoms with Gasteiger partial charge in [0.15, 0.2) is 23.3 Å². The Bertz CT molecular complexity index is 347. The van der Waals surface area contributed by atoms with E-state index < -0.39 is 29.0 Å². The number of nitrogens with two attached hydrogens (primary N) is 1. The molecule has 0 aliphatic rings. The summed E-state index contributed by atoms with van der Waals surface area (Å²) in [6.45, 7) is 1.84. The van der Waals surface area contributed by atoms with Crippen LogP contribution in [0, 0.1) is 23.3 Å². The molecular formula is C10H11F4N. The van der Waals surface area contributed by atoms with Crippen molar-refractivity contribution in [1.82, 2.24) is 0 Å². The zero-order chi connectivity index (χ0) is 11.6. The van der Waals surface area contributed by atoms with Gasteiger partial charge in [-0.3, -0.25) is 0 Å². The predicted octanol–water partition coefficient (Wildman–Crippen LogP) is 3.17. The van der Waals surface area contributed by atoms with Gasteiger partial charge in [0, 0.05) is 5.56 Å². The fourth-order valence-electron chi connectivity index (χ4n) is 1.29. The molecule has 0 heterocycles. The smallest absolute Gasteiger partial charge is 0.199 e. The molecule has 0 saturated carbocycles. The molecule has 0 amide bonds. The number of benzene rings is 1. The lowest BCUT2D eigenvalue weighted by molar-refractivity contribution is 0.405. The molecule has 0 unspecified atom stereocenters. The van der Waals surface area contributed by atoms with Crippen LogP contribution in [0.1, 0.15) is 25.3 Å². The van der Waals surface area contributed by atoms with Crippen molar-refractivity contribution in [1.29, 1.82) is 0 Å². The number of anilines is 1. The molecule has 0 fully saturated rings. The zero-order valence-corrected chi connectivity index (χ0v) is 8.21. The molecule has 0 aliphatic carbocycles. The zero-order valence-electron chi connectivity index (χ0n) is 8.21. The van der Waals surface area contributed by atoms with E-state index in [-0.39, 0.29) is 12.0 Å². The van der Waals surface area contributed by atoms with Gasteiger partial charge in [0.1, 0.15) is 0 Å². The second-order valence-corrected chi connectivity index (χ2v) is 3.25. The molecule has 5 heteroatoms. The van der Waals surface area contributed by atoms with Gasteiger partial charge < -0.3 is 5.73 Å². The third-order valence-electron chi connectivity index (χ3n) is 2.18. The first kappa shape index (κ1) is 11.8. The maximum atomic E-state index is 13.2. The van der Waals surface area contributed by atoms with Gasteiger partial charge in [-0.2, -0.15) is 0 Å². The minimum atomic E-state index is -1.86. The Balaban J connectivity index is 3.26. The number of nitrogen functional groups attached to an aromatic ring is 1. The maximum Gasteiger partial charge on any atom is 0.199 e. The highest BCUT2D eigenvalue weighted by Crippen LogP contribution is 2.27.